The van der Waals surface area contributed by atoms with E-state index in [2.05, 4.69) is 53.7 Å². The van der Waals surface area contributed by atoms with Crippen LogP contribution in [0.2, 0.25) is 0 Å². The molecule has 2 aromatic rings. The van der Waals surface area contributed by atoms with Crippen molar-refractivity contribution in [3.05, 3.63) is 40.2 Å². The number of aromatic nitrogens is 1. The van der Waals surface area contributed by atoms with Crippen molar-refractivity contribution in [2.45, 2.75) is 26.3 Å². The number of nitrogens with zero attached hydrogens (tertiary/aromatic N) is 2. The first-order valence-electron chi connectivity index (χ1n) is 7.77. The predicted octanol–water partition coefficient (Wildman–Crippen LogP) is 3.34. The van der Waals surface area contributed by atoms with Gasteiger partial charge in [0.15, 0.2) is 0 Å². The Kier molecular flexibility index (Phi) is 4.68. The van der Waals surface area contributed by atoms with Crippen molar-refractivity contribution in [3.63, 3.8) is 0 Å². The fraction of sp³-hybridized carbons (Fsp3) is 0.471. The molecule has 1 aromatic heterocycles. The molecule has 3 rings (SSSR count). The van der Waals surface area contributed by atoms with Crippen LogP contribution in [0.25, 0.3) is 11.3 Å². The van der Waals surface area contributed by atoms with Crippen LogP contribution in [-0.2, 0) is 6.42 Å². The molecule has 1 unspecified atom stereocenters. The van der Waals surface area contributed by atoms with Crippen LogP contribution < -0.4 is 5.32 Å². The molecule has 1 atom stereocenters. The first-order valence-corrected chi connectivity index (χ1v) is 8.65. The Morgan fingerprint density at radius 1 is 1.24 bits per heavy atom. The summed E-state index contributed by atoms with van der Waals surface area (Å²) in [6.07, 6.45) is 1.09. The molecule has 0 aliphatic carbocycles. The van der Waals surface area contributed by atoms with Gasteiger partial charge in [-0.15, -0.1) is 11.3 Å². The number of benzene rings is 1. The summed E-state index contributed by atoms with van der Waals surface area (Å²) in [6.45, 7) is 8.85. The second-order valence-corrected chi connectivity index (χ2v) is 6.47. The van der Waals surface area contributed by atoms with E-state index in [1.165, 1.54) is 16.1 Å². The van der Waals surface area contributed by atoms with Gasteiger partial charge < -0.3 is 5.32 Å². The summed E-state index contributed by atoms with van der Waals surface area (Å²) >= 11 is 1.78. The molecule has 1 aliphatic heterocycles. The molecule has 3 nitrogen and oxygen atoms in total. The second kappa shape index (κ2) is 6.69. The lowest BCUT2D eigenvalue weighted by atomic mass is 10.1. The molecule has 4 heteroatoms. The molecular formula is C17H23N3S. The summed E-state index contributed by atoms with van der Waals surface area (Å²) in [4.78, 5) is 7.38. The molecule has 112 valence electrons. The summed E-state index contributed by atoms with van der Waals surface area (Å²) in [7, 11) is 0. The van der Waals surface area contributed by atoms with Gasteiger partial charge in [-0.05, 0) is 18.9 Å². The number of rotatable bonds is 4. The topological polar surface area (TPSA) is 28.2 Å². The third kappa shape index (κ3) is 3.34. The van der Waals surface area contributed by atoms with Crippen LogP contribution in [-0.4, -0.2) is 36.1 Å². The zero-order chi connectivity index (χ0) is 14.7. The second-order valence-electron chi connectivity index (χ2n) is 5.58. The summed E-state index contributed by atoms with van der Waals surface area (Å²) in [5.74, 6) is 0. The van der Waals surface area contributed by atoms with Gasteiger partial charge in [0.05, 0.1) is 11.7 Å². The van der Waals surface area contributed by atoms with Crippen LogP contribution in [0.3, 0.4) is 0 Å². The summed E-state index contributed by atoms with van der Waals surface area (Å²) in [5.41, 5.74) is 3.71. The largest absolute Gasteiger partial charge is 0.314 e. The Bertz CT molecular complexity index is 570. The standard InChI is InChI=1S/C17H23N3S/c1-3-14-4-6-15(7-5-14)16-12-21-17(19-16)13(2)20-10-8-18-9-11-20/h4-7,12-13,18H,3,8-11H2,1-2H3. The quantitative estimate of drug-likeness (QED) is 0.939. The molecule has 1 fully saturated rings. The van der Waals surface area contributed by atoms with Gasteiger partial charge in [-0.25, -0.2) is 4.98 Å². The Balaban J connectivity index is 1.75. The van der Waals surface area contributed by atoms with E-state index in [9.17, 15) is 0 Å². The smallest absolute Gasteiger partial charge is 0.110 e. The van der Waals surface area contributed by atoms with E-state index in [-0.39, 0.29) is 0 Å². The SMILES string of the molecule is CCc1ccc(-c2csc(C(C)N3CCNCC3)n2)cc1. The Morgan fingerprint density at radius 2 is 1.95 bits per heavy atom. The van der Waals surface area contributed by atoms with Crippen molar-refractivity contribution < 1.29 is 0 Å². The summed E-state index contributed by atoms with van der Waals surface area (Å²) in [5, 5.41) is 6.82. The average Bonchev–Trinajstić information content (AvgIpc) is 3.05. The third-order valence-corrected chi connectivity index (χ3v) is 5.25. The van der Waals surface area contributed by atoms with Gasteiger partial charge in [-0.3, -0.25) is 4.90 Å². The van der Waals surface area contributed by atoms with E-state index in [0.717, 1.165) is 38.3 Å². The van der Waals surface area contributed by atoms with E-state index in [0.29, 0.717) is 6.04 Å². The highest BCUT2D eigenvalue weighted by Gasteiger charge is 2.20. The molecule has 0 amide bonds. The normalized spacial score (nSPS) is 17.8. The highest BCUT2D eigenvalue weighted by Crippen LogP contribution is 2.28. The molecule has 1 aliphatic rings. The van der Waals surface area contributed by atoms with Crippen molar-refractivity contribution >= 4 is 11.3 Å². The number of nitrogens with one attached hydrogen (secondary N) is 1. The minimum atomic E-state index is 0.417. The fourth-order valence-electron chi connectivity index (χ4n) is 2.75. The number of thiazole rings is 1. The number of hydrogen-bond acceptors (Lipinski definition) is 4. The average molecular weight is 301 g/mol. The van der Waals surface area contributed by atoms with E-state index in [1.54, 1.807) is 11.3 Å². The van der Waals surface area contributed by atoms with Gasteiger partial charge in [-0.1, -0.05) is 31.2 Å². The summed E-state index contributed by atoms with van der Waals surface area (Å²) in [6, 6.07) is 9.20. The van der Waals surface area contributed by atoms with Crippen molar-refractivity contribution in [1.82, 2.24) is 15.2 Å². The number of piperazine rings is 1. The summed E-state index contributed by atoms with van der Waals surface area (Å²) < 4.78 is 0. The van der Waals surface area contributed by atoms with E-state index >= 15 is 0 Å². The van der Waals surface area contributed by atoms with Gasteiger partial charge in [0.25, 0.3) is 0 Å². The highest BCUT2D eigenvalue weighted by atomic mass is 32.1. The zero-order valence-electron chi connectivity index (χ0n) is 12.8. The molecule has 1 saturated heterocycles. The van der Waals surface area contributed by atoms with E-state index < -0.39 is 0 Å². The van der Waals surface area contributed by atoms with Crippen LogP contribution in [0.5, 0.6) is 0 Å². The fourth-order valence-corrected chi connectivity index (χ4v) is 3.67. The van der Waals surface area contributed by atoms with Crippen molar-refractivity contribution in [2.75, 3.05) is 26.2 Å². The van der Waals surface area contributed by atoms with Gasteiger partial charge in [0.1, 0.15) is 5.01 Å². The highest BCUT2D eigenvalue weighted by molar-refractivity contribution is 7.10. The lowest BCUT2D eigenvalue weighted by Gasteiger charge is -2.31. The van der Waals surface area contributed by atoms with Crippen molar-refractivity contribution in [2.24, 2.45) is 0 Å². The Hall–Kier alpha value is -1.23. The zero-order valence-corrected chi connectivity index (χ0v) is 13.6. The van der Waals surface area contributed by atoms with Crippen LogP contribution >= 0.6 is 11.3 Å². The Morgan fingerprint density at radius 3 is 2.62 bits per heavy atom. The maximum absolute atomic E-state index is 4.87. The lowest BCUT2D eigenvalue weighted by Crippen LogP contribution is -2.44. The monoisotopic (exact) mass is 301 g/mol. The van der Waals surface area contributed by atoms with Crippen molar-refractivity contribution in [1.29, 1.82) is 0 Å². The molecule has 0 radical (unpaired) electrons. The third-order valence-electron chi connectivity index (χ3n) is 4.24. The lowest BCUT2D eigenvalue weighted by molar-refractivity contribution is 0.185. The molecule has 0 spiro atoms. The molecule has 1 N–H and O–H groups in total. The van der Waals surface area contributed by atoms with Crippen LogP contribution in [0, 0.1) is 0 Å². The number of hydrogen-bond donors (Lipinski definition) is 1. The van der Waals surface area contributed by atoms with Gasteiger partial charge in [0, 0.05) is 37.1 Å². The van der Waals surface area contributed by atoms with Crippen LogP contribution in [0.15, 0.2) is 29.6 Å². The first kappa shape index (κ1) is 14.7. The van der Waals surface area contributed by atoms with Crippen LogP contribution in [0.1, 0.15) is 30.5 Å². The minimum absolute atomic E-state index is 0.417. The van der Waals surface area contributed by atoms with Gasteiger partial charge in [-0.2, -0.15) is 0 Å². The molecule has 1 aromatic carbocycles. The minimum Gasteiger partial charge on any atom is -0.314 e. The molecule has 0 bridgehead atoms. The Labute approximate surface area is 131 Å². The van der Waals surface area contributed by atoms with Crippen molar-refractivity contribution in [3.8, 4) is 11.3 Å². The van der Waals surface area contributed by atoms with Gasteiger partial charge >= 0.3 is 0 Å². The molecule has 2 heterocycles. The molecule has 21 heavy (non-hydrogen) atoms. The van der Waals surface area contributed by atoms with E-state index in [1.807, 2.05) is 0 Å². The maximum Gasteiger partial charge on any atom is 0.110 e. The first-order chi connectivity index (χ1) is 10.3. The number of aryl methyl sites for hydroxylation is 1. The molecule has 0 saturated carbocycles. The van der Waals surface area contributed by atoms with Gasteiger partial charge in [0.2, 0.25) is 0 Å². The molecular weight excluding hydrogens is 278 g/mol. The van der Waals surface area contributed by atoms with E-state index in [4.69, 9.17) is 4.98 Å². The van der Waals surface area contributed by atoms with Crippen LogP contribution in [0.4, 0.5) is 0 Å². The maximum atomic E-state index is 4.87. The predicted molar refractivity (Wildman–Crippen MR) is 89.8 cm³/mol.